The van der Waals surface area contributed by atoms with Gasteiger partial charge < -0.3 is 14.9 Å². The predicted octanol–water partition coefficient (Wildman–Crippen LogP) is 9.25. The smallest absolute Gasteiger partial charge is 0.481 e. The zero-order valence-corrected chi connectivity index (χ0v) is 50.0. The van der Waals surface area contributed by atoms with E-state index in [2.05, 4.69) is 32.3 Å². The van der Waals surface area contributed by atoms with Gasteiger partial charge in [0.2, 0.25) is 21.8 Å². The summed E-state index contributed by atoms with van der Waals surface area (Å²) in [5, 5.41) is 18.2. The summed E-state index contributed by atoms with van der Waals surface area (Å²) in [5.41, 5.74) is -9.86. The fourth-order valence-corrected chi connectivity index (χ4v) is 12.3. The monoisotopic (exact) mass is 1320 g/mol. The van der Waals surface area contributed by atoms with Crippen LogP contribution < -0.4 is 14.1 Å². The number of nitrogens with one attached hydrogen (secondary N) is 1. The Hall–Kier alpha value is -7.43. The highest BCUT2D eigenvalue weighted by molar-refractivity contribution is 7.93. The van der Waals surface area contributed by atoms with Crippen molar-refractivity contribution in [2.75, 3.05) is 16.8 Å². The van der Waals surface area contributed by atoms with E-state index in [4.69, 9.17) is 16.1 Å². The van der Waals surface area contributed by atoms with Crippen molar-refractivity contribution >= 4 is 79.6 Å². The molecular weight excluding hydrogens is 1280 g/mol. The number of pyridine rings is 1. The van der Waals surface area contributed by atoms with Crippen molar-refractivity contribution in [2.45, 2.75) is 114 Å². The molecule has 0 bridgehead atoms. The van der Waals surface area contributed by atoms with E-state index in [0.29, 0.717) is 12.3 Å². The summed E-state index contributed by atoms with van der Waals surface area (Å²) in [6.07, 6.45) is -12.6. The molecule has 472 valence electrons. The number of alkyl halides is 8. The molecule has 3 aromatic carbocycles. The van der Waals surface area contributed by atoms with Gasteiger partial charge in [-0.2, -0.15) is 49.6 Å². The number of hydrogen-bond donors (Lipinski definition) is 4. The molecule has 0 unspecified atom stereocenters. The van der Waals surface area contributed by atoms with Gasteiger partial charge in [-0.1, -0.05) is 37.4 Å². The summed E-state index contributed by atoms with van der Waals surface area (Å²) < 4.78 is 219. The molecule has 2 aliphatic carbocycles. The van der Waals surface area contributed by atoms with Crippen LogP contribution in [0, 0.1) is 29.4 Å². The highest BCUT2D eigenvalue weighted by Crippen LogP contribution is 2.68. The van der Waals surface area contributed by atoms with E-state index >= 15 is 17.6 Å². The van der Waals surface area contributed by atoms with Crippen molar-refractivity contribution in [2.24, 2.45) is 5.92 Å². The lowest BCUT2D eigenvalue weighted by molar-refractivity contribution is -0.143. The number of ketones is 1. The molecule has 0 spiro atoms. The fraction of sp³-hybridized carbons (Fsp3) is 0.389. The van der Waals surface area contributed by atoms with Crippen molar-refractivity contribution in [3.05, 3.63) is 122 Å². The second-order valence-corrected chi connectivity index (χ2v) is 28.2. The van der Waals surface area contributed by atoms with Crippen LogP contribution in [0.1, 0.15) is 115 Å². The fourth-order valence-electron chi connectivity index (χ4n) is 10.5. The molecule has 2 aliphatic rings. The third kappa shape index (κ3) is 13.9. The third-order valence-electron chi connectivity index (χ3n) is 14.5. The van der Waals surface area contributed by atoms with Gasteiger partial charge >= 0.3 is 26.1 Å². The minimum absolute atomic E-state index is 0.0733. The van der Waals surface area contributed by atoms with Crippen LogP contribution in [0.5, 0.6) is 5.75 Å². The van der Waals surface area contributed by atoms with Crippen LogP contribution >= 0.6 is 19.4 Å². The first kappa shape index (κ1) is 66.5. The number of phosphoric acid groups is 1. The van der Waals surface area contributed by atoms with E-state index in [9.17, 15) is 81.8 Å². The first-order valence-corrected chi connectivity index (χ1v) is 31.3. The zero-order chi connectivity index (χ0) is 65.7. The van der Waals surface area contributed by atoms with Crippen molar-refractivity contribution < 1.29 is 104 Å². The van der Waals surface area contributed by atoms with Gasteiger partial charge in [0.15, 0.2) is 27.1 Å². The number of nitrogens with zero attached hydrogens (tertiary/aromatic N) is 6. The van der Waals surface area contributed by atoms with Crippen LogP contribution in [0.25, 0.3) is 22.0 Å². The number of rotatable bonds is 19. The van der Waals surface area contributed by atoms with Gasteiger partial charge in [-0.3, -0.25) is 38.3 Å². The second-order valence-electron chi connectivity index (χ2n) is 22.2. The molecule has 1 saturated carbocycles. The Morgan fingerprint density at radius 3 is 2.10 bits per heavy atom. The Morgan fingerprint density at radius 1 is 0.920 bits per heavy atom. The number of sulfone groups is 1. The molecule has 6 aromatic rings. The van der Waals surface area contributed by atoms with Crippen LogP contribution in [0.3, 0.4) is 0 Å². The average molecular weight is 1320 g/mol. The number of phosphoric ester groups is 1. The summed E-state index contributed by atoms with van der Waals surface area (Å²) in [4.78, 5) is 78.3. The molecular formula is C54H49ClF10N7O13PS2. The molecule has 0 saturated heterocycles. The summed E-state index contributed by atoms with van der Waals surface area (Å²) in [5.74, 6) is -11.4. The number of carbonyl (C=O) groups excluding carboxylic acids is 3. The number of fused-ring (bicyclic) bond motifs is 4. The highest BCUT2D eigenvalue weighted by Gasteiger charge is 2.68. The molecule has 0 radical (unpaired) electrons. The number of amides is 2. The van der Waals surface area contributed by atoms with Gasteiger partial charge in [-0.15, -0.1) is 0 Å². The SMILES string of the molecule is CC(=O)c1cc(CC(=O)O)c(C(C)(C)CC(=O)N(c2nn(CC(F)(F)F)c3c(-c4ccc(C#CC(C)(C)S(C)(=O)=O)nc4[C@H](Cc4cc(F)cc(F)c4)NC(=O)Cn4nc(C(F)(F)F)c5c4C(F)(F)[C@@H]4C[C@H]54)ccc(Cl)c23)S(C)(=O)=O)c(OP(=O)(O)O)c1. The third-order valence-corrected chi connectivity index (χ3v) is 18.2. The number of sulfonamides is 1. The highest BCUT2D eigenvalue weighted by atomic mass is 35.5. The van der Waals surface area contributed by atoms with Crippen molar-refractivity contribution in [3.63, 3.8) is 0 Å². The number of Topliss-reactive ketones (excluding diaryl/α,β-unsaturated/α-hetero) is 1. The second kappa shape index (κ2) is 22.9. The molecule has 34 heteroatoms. The first-order chi connectivity index (χ1) is 40.2. The molecule has 3 atom stereocenters. The number of hydrogen-bond acceptors (Lipinski definition) is 13. The van der Waals surface area contributed by atoms with E-state index in [1.165, 1.54) is 13.8 Å². The van der Waals surface area contributed by atoms with E-state index in [1.54, 1.807) is 0 Å². The lowest BCUT2D eigenvalue weighted by Crippen LogP contribution is -2.40. The first-order valence-electron chi connectivity index (χ1n) is 25.7. The molecule has 20 nitrogen and oxygen atoms in total. The number of anilines is 1. The maximum absolute atomic E-state index is 15.7. The molecule has 3 aromatic heterocycles. The molecule has 88 heavy (non-hydrogen) atoms. The van der Waals surface area contributed by atoms with Gasteiger partial charge in [-0.25, -0.2) is 35.2 Å². The molecule has 1 fully saturated rings. The molecule has 8 rings (SSSR count). The van der Waals surface area contributed by atoms with Crippen molar-refractivity contribution in [1.82, 2.24) is 29.9 Å². The van der Waals surface area contributed by atoms with Crippen LogP contribution in [-0.2, 0) is 82.3 Å². The van der Waals surface area contributed by atoms with Gasteiger partial charge in [0.05, 0.1) is 40.3 Å². The molecule has 3 heterocycles. The number of aliphatic carboxylic acids is 1. The number of carboxylic acid groups (broad SMARTS) is 1. The summed E-state index contributed by atoms with van der Waals surface area (Å²) in [6, 6.07) is 6.03. The number of aromatic nitrogens is 5. The van der Waals surface area contributed by atoms with E-state index in [1.807, 2.05) is 0 Å². The summed E-state index contributed by atoms with van der Waals surface area (Å²) in [6.45, 7) is 2.22. The van der Waals surface area contributed by atoms with E-state index in [-0.39, 0.29) is 42.5 Å². The van der Waals surface area contributed by atoms with E-state index in [0.717, 1.165) is 75.6 Å². The average Bonchev–Trinajstić information content (AvgIpc) is 2.77. The molecule has 2 amide bonds. The number of benzene rings is 3. The number of carboxylic acids is 1. The van der Waals surface area contributed by atoms with Gasteiger partial charge in [0, 0.05) is 57.9 Å². The van der Waals surface area contributed by atoms with Crippen LogP contribution in [0.2, 0.25) is 5.02 Å². The van der Waals surface area contributed by atoms with Crippen LogP contribution in [0.4, 0.5) is 49.7 Å². The Morgan fingerprint density at radius 2 is 1.55 bits per heavy atom. The number of halogens is 11. The van der Waals surface area contributed by atoms with E-state index < -0.39 is 208 Å². The predicted molar refractivity (Wildman–Crippen MR) is 293 cm³/mol. The minimum Gasteiger partial charge on any atom is -0.481 e. The maximum atomic E-state index is 15.7. The Kier molecular flexibility index (Phi) is 17.3. The Bertz CT molecular complexity index is 4270. The standard InChI is InChI=1S/C54H49ClF10N7O13PS2/c1-25(73)27-17-28(19-41(76)77)44(38(18-27)85-86(78,79)80)50(2,3)22-40(75)72(88(7,83)84)49-43-36(55)11-10-33(46(43)71(69-49)24-52(58,59)60)32-9-8-31(12-13-51(4,5)87(6,81)82)66-45(32)37(16-26-14-29(56)20-30(57)15-26)67-39(74)23-70-48-42(47(68-70)54(63,64)65)34-21-35(34)53(48,61)62/h8-11,14-15,17-18,20,34-35,37H,16,19,21-24H2,1-7H3,(H,67,74)(H,76,77)(H2,78,79,80)/t34-,35+,37-/m0/s1. The van der Waals surface area contributed by atoms with Gasteiger partial charge in [-0.05, 0) is 99.0 Å². The quantitative estimate of drug-likeness (QED) is 0.0254. The molecule has 0 aliphatic heterocycles. The van der Waals surface area contributed by atoms with Crippen LogP contribution in [-0.4, -0.2) is 103 Å². The Balaban J connectivity index is 1.36. The van der Waals surface area contributed by atoms with Crippen molar-refractivity contribution in [1.29, 1.82) is 0 Å². The largest absolute Gasteiger partial charge is 0.524 e. The lowest BCUT2D eigenvalue weighted by Gasteiger charge is -2.31. The zero-order valence-electron chi connectivity index (χ0n) is 46.7. The Labute approximate surface area is 498 Å². The van der Waals surface area contributed by atoms with Gasteiger partial charge in [0.1, 0.15) is 46.6 Å². The lowest BCUT2D eigenvalue weighted by atomic mass is 9.77. The van der Waals surface area contributed by atoms with Gasteiger partial charge in [0.25, 0.3) is 5.92 Å². The number of carbonyl (C=O) groups is 4. The minimum atomic E-state index is -5.59. The normalized spacial score (nSPS) is 16.3. The van der Waals surface area contributed by atoms with Crippen molar-refractivity contribution in [3.8, 4) is 28.7 Å². The van der Waals surface area contributed by atoms with Crippen LogP contribution in [0.15, 0.2) is 54.6 Å². The summed E-state index contributed by atoms with van der Waals surface area (Å²) in [7, 11) is -14.7. The maximum Gasteiger partial charge on any atom is 0.524 e. The summed E-state index contributed by atoms with van der Waals surface area (Å²) >= 11 is 6.77. The topological polar surface area (TPSA) is 287 Å². The molecule has 4 N–H and O–H groups in total.